The molecule has 0 heteroatoms. The third-order valence-corrected chi connectivity index (χ3v) is 4.72. The van der Waals surface area contributed by atoms with E-state index in [-0.39, 0.29) is 0 Å². The van der Waals surface area contributed by atoms with E-state index >= 15 is 0 Å². The fraction of sp³-hybridized carbons (Fsp3) is 1.00. The van der Waals surface area contributed by atoms with Gasteiger partial charge in [-0.1, -0.05) is 39.5 Å². The van der Waals surface area contributed by atoms with Crippen LogP contribution in [0.3, 0.4) is 0 Å². The van der Waals surface area contributed by atoms with Crippen LogP contribution in [0.2, 0.25) is 0 Å². The summed E-state index contributed by atoms with van der Waals surface area (Å²) in [7, 11) is 0. The first-order valence-electron chi connectivity index (χ1n) is 6.74. The molecule has 0 nitrogen and oxygen atoms in total. The lowest BCUT2D eigenvalue weighted by Gasteiger charge is -2.56. The van der Waals surface area contributed by atoms with Crippen LogP contribution in [0.1, 0.15) is 78.1 Å². The normalized spacial score (nSPS) is 27.9. The standard InChI is InChI=1S/C14H26/c1-3-7-13(8-4-2)11-14(12-13)9-5-6-10-14/h3-12H2,1-2H3. The molecule has 0 aromatic rings. The van der Waals surface area contributed by atoms with E-state index in [4.69, 9.17) is 0 Å². The van der Waals surface area contributed by atoms with Crippen LogP contribution < -0.4 is 0 Å². The number of hydrogen-bond donors (Lipinski definition) is 0. The molecule has 0 unspecified atom stereocenters. The summed E-state index contributed by atoms with van der Waals surface area (Å²) in [5.41, 5.74) is 1.65. The second-order valence-corrected chi connectivity index (χ2v) is 6.06. The summed E-state index contributed by atoms with van der Waals surface area (Å²) >= 11 is 0. The van der Waals surface area contributed by atoms with Crippen molar-refractivity contribution >= 4 is 0 Å². The van der Waals surface area contributed by atoms with Crippen LogP contribution in [0.5, 0.6) is 0 Å². The van der Waals surface area contributed by atoms with Gasteiger partial charge < -0.3 is 0 Å². The topological polar surface area (TPSA) is 0 Å². The maximum absolute atomic E-state index is 2.36. The molecule has 0 aromatic carbocycles. The van der Waals surface area contributed by atoms with Gasteiger partial charge >= 0.3 is 0 Å². The molecular weight excluding hydrogens is 168 g/mol. The minimum atomic E-state index is 0.799. The monoisotopic (exact) mass is 194 g/mol. The van der Waals surface area contributed by atoms with E-state index in [1.165, 1.54) is 38.5 Å². The Bertz CT molecular complexity index is 170. The molecule has 0 heterocycles. The van der Waals surface area contributed by atoms with Crippen molar-refractivity contribution in [2.75, 3.05) is 0 Å². The highest BCUT2D eigenvalue weighted by Crippen LogP contribution is 2.65. The Labute approximate surface area is 89.5 Å². The van der Waals surface area contributed by atoms with E-state index in [1.54, 1.807) is 25.7 Å². The summed E-state index contributed by atoms with van der Waals surface area (Å²) in [6, 6.07) is 0. The van der Waals surface area contributed by atoms with Crippen molar-refractivity contribution in [2.45, 2.75) is 78.1 Å². The van der Waals surface area contributed by atoms with Crippen molar-refractivity contribution in [3.05, 3.63) is 0 Å². The molecule has 14 heavy (non-hydrogen) atoms. The zero-order valence-corrected chi connectivity index (χ0v) is 10.1. The SMILES string of the molecule is CCCC1(CCC)CC2(CCCC2)C1. The van der Waals surface area contributed by atoms with Gasteiger partial charge in [-0.15, -0.1) is 0 Å². The highest BCUT2D eigenvalue weighted by molar-refractivity contribution is 5.04. The molecule has 2 saturated carbocycles. The first-order valence-corrected chi connectivity index (χ1v) is 6.74. The smallest absolute Gasteiger partial charge is 0.0287 e. The Hall–Kier alpha value is 0. The minimum absolute atomic E-state index is 0.799. The van der Waals surface area contributed by atoms with Crippen LogP contribution in [0, 0.1) is 10.8 Å². The van der Waals surface area contributed by atoms with Gasteiger partial charge in [0.15, 0.2) is 0 Å². The van der Waals surface area contributed by atoms with Gasteiger partial charge in [0.25, 0.3) is 0 Å². The molecule has 0 aliphatic heterocycles. The predicted octanol–water partition coefficient (Wildman–Crippen LogP) is 4.93. The average Bonchev–Trinajstić information content (AvgIpc) is 2.53. The Morgan fingerprint density at radius 2 is 1.36 bits per heavy atom. The number of hydrogen-bond acceptors (Lipinski definition) is 0. The molecule has 2 fully saturated rings. The fourth-order valence-corrected chi connectivity index (χ4v) is 4.56. The van der Waals surface area contributed by atoms with Crippen LogP contribution >= 0.6 is 0 Å². The molecule has 0 aromatic heterocycles. The van der Waals surface area contributed by atoms with Gasteiger partial charge in [0.1, 0.15) is 0 Å². The van der Waals surface area contributed by atoms with Crippen LogP contribution in [0.15, 0.2) is 0 Å². The third-order valence-electron chi connectivity index (χ3n) is 4.72. The highest BCUT2D eigenvalue weighted by Gasteiger charge is 2.53. The summed E-state index contributed by atoms with van der Waals surface area (Å²) in [5, 5.41) is 0. The second kappa shape index (κ2) is 3.87. The maximum Gasteiger partial charge on any atom is -0.0287 e. The largest absolute Gasteiger partial charge is 0.0654 e. The van der Waals surface area contributed by atoms with Gasteiger partial charge in [-0.05, 0) is 49.4 Å². The third kappa shape index (κ3) is 1.73. The quantitative estimate of drug-likeness (QED) is 0.595. The Morgan fingerprint density at radius 3 is 1.79 bits per heavy atom. The Kier molecular flexibility index (Phi) is 2.91. The van der Waals surface area contributed by atoms with Gasteiger partial charge in [0, 0.05) is 0 Å². The van der Waals surface area contributed by atoms with E-state index in [0.717, 1.165) is 10.8 Å². The first kappa shape index (κ1) is 10.5. The van der Waals surface area contributed by atoms with Gasteiger partial charge in [0.05, 0.1) is 0 Å². The van der Waals surface area contributed by atoms with Crippen molar-refractivity contribution in [1.29, 1.82) is 0 Å². The van der Waals surface area contributed by atoms with E-state index in [2.05, 4.69) is 13.8 Å². The van der Waals surface area contributed by atoms with Gasteiger partial charge in [-0.25, -0.2) is 0 Å². The van der Waals surface area contributed by atoms with Crippen LogP contribution in [-0.4, -0.2) is 0 Å². The number of rotatable bonds is 4. The summed E-state index contributed by atoms with van der Waals surface area (Å²) in [5.74, 6) is 0. The lowest BCUT2D eigenvalue weighted by molar-refractivity contribution is -0.0499. The van der Waals surface area contributed by atoms with Crippen LogP contribution in [0.4, 0.5) is 0 Å². The maximum atomic E-state index is 2.36. The van der Waals surface area contributed by atoms with Crippen molar-refractivity contribution in [2.24, 2.45) is 10.8 Å². The molecule has 0 N–H and O–H groups in total. The molecule has 0 radical (unpaired) electrons. The summed E-state index contributed by atoms with van der Waals surface area (Å²) in [6.45, 7) is 4.72. The highest BCUT2D eigenvalue weighted by atomic mass is 14.6. The molecular formula is C14H26. The lowest BCUT2D eigenvalue weighted by atomic mass is 9.49. The zero-order valence-electron chi connectivity index (χ0n) is 10.1. The van der Waals surface area contributed by atoms with E-state index in [9.17, 15) is 0 Å². The Balaban J connectivity index is 1.91. The fourth-order valence-electron chi connectivity index (χ4n) is 4.56. The lowest BCUT2D eigenvalue weighted by Crippen LogP contribution is -2.44. The molecule has 2 aliphatic rings. The first-order chi connectivity index (χ1) is 6.74. The predicted molar refractivity (Wildman–Crippen MR) is 62.4 cm³/mol. The molecule has 0 atom stereocenters. The van der Waals surface area contributed by atoms with E-state index in [1.807, 2.05) is 0 Å². The molecule has 0 bridgehead atoms. The van der Waals surface area contributed by atoms with Crippen molar-refractivity contribution in [3.8, 4) is 0 Å². The van der Waals surface area contributed by atoms with Gasteiger partial charge in [-0.3, -0.25) is 0 Å². The molecule has 2 rings (SSSR count). The van der Waals surface area contributed by atoms with Crippen LogP contribution in [-0.2, 0) is 0 Å². The molecule has 0 amide bonds. The van der Waals surface area contributed by atoms with Crippen molar-refractivity contribution < 1.29 is 0 Å². The van der Waals surface area contributed by atoms with E-state index < -0.39 is 0 Å². The molecule has 82 valence electrons. The molecule has 2 aliphatic carbocycles. The Morgan fingerprint density at radius 1 is 0.857 bits per heavy atom. The molecule has 1 spiro atoms. The zero-order chi connectivity index (χ0) is 10.1. The van der Waals surface area contributed by atoms with E-state index in [0.29, 0.717) is 0 Å². The summed E-state index contributed by atoms with van der Waals surface area (Å²) in [4.78, 5) is 0. The summed E-state index contributed by atoms with van der Waals surface area (Å²) < 4.78 is 0. The van der Waals surface area contributed by atoms with Gasteiger partial charge in [0.2, 0.25) is 0 Å². The average molecular weight is 194 g/mol. The van der Waals surface area contributed by atoms with Gasteiger partial charge in [-0.2, -0.15) is 0 Å². The van der Waals surface area contributed by atoms with Crippen molar-refractivity contribution in [3.63, 3.8) is 0 Å². The summed E-state index contributed by atoms with van der Waals surface area (Å²) in [6.07, 6.45) is 15.1. The molecule has 0 saturated heterocycles. The van der Waals surface area contributed by atoms with Crippen LogP contribution in [0.25, 0.3) is 0 Å². The van der Waals surface area contributed by atoms with Crippen molar-refractivity contribution in [1.82, 2.24) is 0 Å². The second-order valence-electron chi connectivity index (χ2n) is 6.06. The minimum Gasteiger partial charge on any atom is -0.0654 e.